The van der Waals surface area contributed by atoms with Gasteiger partial charge in [0.15, 0.2) is 17.1 Å². The van der Waals surface area contributed by atoms with E-state index in [1.165, 1.54) is 10.7 Å². The van der Waals surface area contributed by atoms with Gasteiger partial charge in [0.25, 0.3) is 5.91 Å². The molecular weight excluding hydrogens is 460 g/mol. The minimum Gasteiger partial charge on any atom is -0.504 e. The minimum absolute atomic E-state index is 0.0371. The van der Waals surface area contributed by atoms with Crippen LogP contribution in [0.15, 0.2) is 47.6 Å². The number of nitrogens with zero attached hydrogens (tertiary/aromatic N) is 4. The molecule has 0 aliphatic carbocycles. The molecule has 2 heterocycles. The Morgan fingerprint density at radius 2 is 1.97 bits per heavy atom. The Balaban J connectivity index is 1.71. The maximum absolute atomic E-state index is 13.1. The Kier molecular flexibility index (Phi) is 7.65. The number of aromatic hydroxyl groups is 1. The first-order valence-corrected chi connectivity index (χ1v) is 11.9. The number of para-hydroxylation sites is 2. The first kappa shape index (κ1) is 24.9. The number of carbonyl (C=O) groups excluding carboxylic acids is 1. The third-order valence-electron chi connectivity index (χ3n) is 5.36. The van der Waals surface area contributed by atoms with Crippen molar-refractivity contribution in [1.82, 2.24) is 20.0 Å². The number of nitrogen functional groups attached to an aromatic ring is 1. The van der Waals surface area contributed by atoms with Gasteiger partial charge >= 0.3 is 0 Å². The predicted octanol–water partition coefficient (Wildman–Crippen LogP) is 3.70. The molecule has 0 unspecified atom stereocenters. The van der Waals surface area contributed by atoms with Gasteiger partial charge in [-0.2, -0.15) is 9.78 Å². The van der Waals surface area contributed by atoms with E-state index in [-0.39, 0.29) is 29.1 Å². The molecule has 36 heavy (non-hydrogen) atoms. The van der Waals surface area contributed by atoms with Crippen LogP contribution in [0.4, 0.5) is 5.82 Å². The highest BCUT2D eigenvalue weighted by Gasteiger charge is 2.24. The van der Waals surface area contributed by atoms with E-state index >= 15 is 0 Å². The molecule has 0 saturated heterocycles. The second-order valence-corrected chi connectivity index (χ2v) is 8.39. The molecule has 188 valence electrons. The Bertz CT molecular complexity index is 1410. The number of phenols is 1. The van der Waals surface area contributed by atoms with E-state index in [2.05, 4.69) is 20.4 Å². The van der Waals surface area contributed by atoms with Crippen molar-refractivity contribution in [1.29, 1.82) is 0 Å². The van der Waals surface area contributed by atoms with Crippen molar-refractivity contribution < 1.29 is 19.4 Å². The number of hydrogen-bond acceptors (Lipinski definition) is 8. The molecule has 0 bridgehead atoms. The summed E-state index contributed by atoms with van der Waals surface area (Å²) in [6.07, 6.45) is 2.35. The molecule has 0 aliphatic heterocycles. The van der Waals surface area contributed by atoms with Gasteiger partial charge in [-0.1, -0.05) is 12.1 Å². The molecule has 0 radical (unpaired) electrons. The third kappa shape index (κ3) is 5.38. The van der Waals surface area contributed by atoms with Crippen LogP contribution < -0.4 is 15.8 Å². The number of ether oxygens (including phenoxy) is 2. The van der Waals surface area contributed by atoms with E-state index in [4.69, 9.17) is 15.2 Å². The number of nitrogens with one attached hydrogen (secondary N) is 1. The Morgan fingerprint density at radius 1 is 1.22 bits per heavy atom. The average molecular weight is 491 g/mol. The minimum atomic E-state index is -0.358. The fourth-order valence-electron chi connectivity index (χ4n) is 3.68. The molecule has 2 aromatic carbocycles. The molecule has 2 aromatic heterocycles. The number of carbonyl (C=O) groups is 1. The molecule has 1 amide bonds. The first-order chi connectivity index (χ1) is 17.4. The number of phenolic OH excluding ortho intramolecular Hbond substituents is 1. The van der Waals surface area contributed by atoms with Crippen molar-refractivity contribution in [3.63, 3.8) is 0 Å². The first-order valence-electron chi connectivity index (χ1n) is 11.9. The molecule has 0 atom stereocenters. The smallest absolute Gasteiger partial charge is 0.257 e. The topological polar surface area (TPSA) is 137 Å². The lowest BCUT2D eigenvalue weighted by Gasteiger charge is -2.08. The fourth-order valence-corrected chi connectivity index (χ4v) is 3.68. The quantitative estimate of drug-likeness (QED) is 0.228. The zero-order valence-electron chi connectivity index (χ0n) is 20.6. The zero-order chi connectivity index (χ0) is 25.7. The van der Waals surface area contributed by atoms with Gasteiger partial charge in [0, 0.05) is 13.2 Å². The molecule has 10 heteroatoms. The number of anilines is 1. The van der Waals surface area contributed by atoms with Gasteiger partial charge in [0.2, 0.25) is 0 Å². The van der Waals surface area contributed by atoms with Crippen molar-refractivity contribution in [2.24, 2.45) is 5.10 Å². The molecule has 0 saturated carbocycles. The lowest BCUT2D eigenvalue weighted by atomic mass is 10.2. The monoisotopic (exact) mass is 490 g/mol. The number of nitrogens with two attached hydrogens (primary N) is 1. The summed E-state index contributed by atoms with van der Waals surface area (Å²) in [7, 11) is 0. The molecule has 0 aliphatic rings. The standard InChI is InChI=1S/C26H30N6O4/c1-4-35-21-14-17(10-11-20(21)33)15-29-32-24(27)22(26(34)28-12-7-13-36-16(2)3)23-25(32)31-19-9-6-5-8-18(19)30-23/h5-6,8-11,14-16,33H,4,7,12-13,27H2,1-3H3,(H,28,34)/b29-15-. The number of benzene rings is 2. The van der Waals surface area contributed by atoms with Crippen LogP contribution in [0.3, 0.4) is 0 Å². The van der Waals surface area contributed by atoms with Crippen LogP contribution in [0.5, 0.6) is 11.5 Å². The molecule has 4 rings (SSSR count). The van der Waals surface area contributed by atoms with Crippen LogP contribution in [0, 0.1) is 0 Å². The highest BCUT2D eigenvalue weighted by Crippen LogP contribution is 2.29. The summed E-state index contributed by atoms with van der Waals surface area (Å²) in [5, 5.41) is 17.4. The van der Waals surface area contributed by atoms with Crippen LogP contribution in [0.1, 0.15) is 43.1 Å². The van der Waals surface area contributed by atoms with Crippen LogP contribution in [-0.4, -0.2) is 57.7 Å². The molecule has 0 fully saturated rings. The molecule has 10 nitrogen and oxygen atoms in total. The number of hydrogen-bond donors (Lipinski definition) is 3. The second kappa shape index (κ2) is 11.0. The highest BCUT2D eigenvalue weighted by molar-refractivity contribution is 6.10. The highest BCUT2D eigenvalue weighted by atomic mass is 16.5. The van der Waals surface area contributed by atoms with Crippen molar-refractivity contribution in [3.8, 4) is 11.5 Å². The van der Waals surface area contributed by atoms with Crippen LogP contribution >= 0.6 is 0 Å². The maximum Gasteiger partial charge on any atom is 0.257 e. The van der Waals surface area contributed by atoms with Gasteiger partial charge < -0.3 is 25.6 Å². The molecular formula is C26H30N6O4. The summed E-state index contributed by atoms with van der Waals surface area (Å²) in [5.41, 5.74) is 9.34. The van der Waals surface area contributed by atoms with Crippen LogP contribution in [0.2, 0.25) is 0 Å². The summed E-state index contributed by atoms with van der Waals surface area (Å²) in [6, 6.07) is 12.3. The Morgan fingerprint density at radius 3 is 2.69 bits per heavy atom. The van der Waals surface area contributed by atoms with Gasteiger partial charge in [-0.05, 0) is 63.1 Å². The van der Waals surface area contributed by atoms with Crippen LogP contribution in [0.25, 0.3) is 22.2 Å². The summed E-state index contributed by atoms with van der Waals surface area (Å²) < 4.78 is 12.4. The predicted molar refractivity (Wildman–Crippen MR) is 140 cm³/mol. The van der Waals surface area contributed by atoms with Gasteiger partial charge in [-0.25, -0.2) is 9.97 Å². The van der Waals surface area contributed by atoms with E-state index in [0.29, 0.717) is 59.7 Å². The van der Waals surface area contributed by atoms with Gasteiger partial charge in [-0.3, -0.25) is 4.79 Å². The van der Waals surface area contributed by atoms with Crippen molar-refractivity contribution in [3.05, 3.63) is 53.6 Å². The van der Waals surface area contributed by atoms with Gasteiger partial charge in [0.1, 0.15) is 16.9 Å². The van der Waals surface area contributed by atoms with E-state index in [0.717, 1.165) is 0 Å². The molecule has 4 aromatic rings. The van der Waals surface area contributed by atoms with Gasteiger partial charge in [-0.15, -0.1) is 0 Å². The van der Waals surface area contributed by atoms with E-state index in [9.17, 15) is 9.90 Å². The average Bonchev–Trinajstić information content (AvgIpc) is 3.12. The summed E-state index contributed by atoms with van der Waals surface area (Å²) in [4.78, 5) is 22.5. The summed E-state index contributed by atoms with van der Waals surface area (Å²) in [5.74, 6) is 0.147. The number of amides is 1. The second-order valence-electron chi connectivity index (χ2n) is 8.39. The fraction of sp³-hybridized carbons (Fsp3) is 0.308. The van der Waals surface area contributed by atoms with Gasteiger partial charge in [0.05, 0.1) is 30.0 Å². The third-order valence-corrected chi connectivity index (χ3v) is 5.36. The van der Waals surface area contributed by atoms with E-state index in [1.807, 2.05) is 45.0 Å². The van der Waals surface area contributed by atoms with E-state index < -0.39 is 0 Å². The van der Waals surface area contributed by atoms with Crippen molar-refractivity contribution in [2.45, 2.75) is 33.3 Å². The molecule has 0 spiro atoms. The number of rotatable bonds is 10. The number of fused-ring (bicyclic) bond motifs is 2. The zero-order valence-corrected chi connectivity index (χ0v) is 20.6. The SMILES string of the molecule is CCOc1cc(/C=N\n2c(N)c(C(=O)NCCCOC(C)C)c3nc4ccccc4nc32)ccc1O. The van der Waals surface area contributed by atoms with E-state index in [1.54, 1.807) is 18.3 Å². The maximum atomic E-state index is 13.1. The summed E-state index contributed by atoms with van der Waals surface area (Å²) in [6.45, 7) is 7.14. The normalized spacial score (nSPS) is 11.7. The largest absolute Gasteiger partial charge is 0.504 e. The lowest BCUT2D eigenvalue weighted by Crippen LogP contribution is -2.26. The number of aromatic nitrogens is 3. The van der Waals surface area contributed by atoms with Crippen LogP contribution in [-0.2, 0) is 4.74 Å². The Hall–Kier alpha value is -4.18. The Labute approximate surface area is 208 Å². The lowest BCUT2D eigenvalue weighted by molar-refractivity contribution is 0.0757. The molecule has 4 N–H and O–H groups in total. The van der Waals surface area contributed by atoms with Crippen molar-refractivity contribution >= 4 is 40.1 Å². The summed E-state index contributed by atoms with van der Waals surface area (Å²) >= 11 is 0. The van der Waals surface area contributed by atoms with Crippen molar-refractivity contribution in [2.75, 3.05) is 25.5 Å².